The van der Waals surface area contributed by atoms with Gasteiger partial charge in [0, 0.05) is 16.9 Å². The van der Waals surface area contributed by atoms with E-state index in [0.29, 0.717) is 39.7 Å². The number of nitrogens with zero attached hydrogens (tertiary/aromatic N) is 2. The van der Waals surface area contributed by atoms with Crippen molar-refractivity contribution in [1.82, 2.24) is 9.55 Å². The van der Waals surface area contributed by atoms with E-state index >= 15 is 0 Å². The Hall–Kier alpha value is -3.45. The number of carbonyl (C=O) groups is 1. The third-order valence-electron chi connectivity index (χ3n) is 5.20. The number of ether oxygens (including phenoxy) is 1. The van der Waals surface area contributed by atoms with Gasteiger partial charge in [-0.05, 0) is 61.9 Å². The van der Waals surface area contributed by atoms with E-state index in [4.69, 9.17) is 9.72 Å². The number of thioether (sulfide) groups is 1. The van der Waals surface area contributed by atoms with Crippen molar-refractivity contribution >= 4 is 28.4 Å². The summed E-state index contributed by atoms with van der Waals surface area (Å²) in [7, 11) is 0. The molecule has 0 fully saturated rings. The highest BCUT2D eigenvalue weighted by Crippen LogP contribution is 2.29. The largest absolute Gasteiger partial charge is 0.494 e. The molecule has 0 unspecified atom stereocenters. The molecule has 168 valence electrons. The Bertz CT molecular complexity index is 1370. The van der Waals surface area contributed by atoms with Crippen LogP contribution in [0.3, 0.4) is 0 Å². The molecule has 3 aromatic carbocycles. The summed E-state index contributed by atoms with van der Waals surface area (Å²) in [6, 6.07) is 18.7. The molecule has 33 heavy (non-hydrogen) atoms. The highest BCUT2D eigenvalue weighted by atomic mass is 32.2. The lowest BCUT2D eigenvalue weighted by Gasteiger charge is -2.15. The lowest BCUT2D eigenvalue weighted by molar-refractivity contribution is 0.101. The number of carbonyl (C=O) groups excluding carboxylic acids is 1. The molecule has 4 rings (SSSR count). The van der Waals surface area contributed by atoms with Gasteiger partial charge in [0.05, 0.1) is 24.1 Å². The number of aromatic nitrogens is 2. The Morgan fingerprint density at radius 3 is 2.58 bits per heavy atom. The van der Waals surface area contributed by atoms with Crippen LogP contribution >= 0.6 is 11.8 Å². The van der Waals surface area contributed by atoms with Gasteiger partial charge >= 0.3 is 0 Å². The van der Waals surface area contributed by atoms with Gasteiger partial charge in [-0.2, -0.15) is 0 Å². The summed E-state index contributed by atoms with van der Waals surface area (Å²) in [4.78, 5) is 29.9. The fraction of sp³-hybridized carbons (Fsp3) is 0.192. The topological polar surface area (TPSA) is 61.2 Å². The number of hydrogen-bond acceptors (Lipinski definition) is 5. The van der Waals surface area contributed by atoms with E-state index in [-0.39, 0.29) is 23.7 Å². The van der Waals surface area contributed by atoms with Crippen molar-refractivity contribution in [2.24, 2.45) is 0 Å². The van der Waals surface area contributed by atoms with Gasteiger partial charge in [-0.25, -0.2) is 9.37 Å². The molecule has 4 aromatic rings. The van der Waals surface area contributed by atoms with Gasteiger partial charge in [-0.1, -0.05) is 36.0 Å². The first-order chi connectivity index (χ1) is 16.0. The molecule has 1 aromatic heterocycles. The number of halogens is 1. The Labute approximate surface area is 195 Å². The average Bonchev–Trinajstić information content (AvgIpc) is 2.82. The monoisotopic (exact) mass is 462 g/mol. The number of Topliss-reactive ketones (excluding diaryl/α,β-unsaturated/α-hetero) is 1. The van der Waals surface area contributed by atoms with Gasteiger partial charge in [0.15, 0.2) is 10.9 Å². The van der Waals surface area contributed by atoms with Crippen LogP contribution in [0.25, 0.3) is 10.9 Å². The van der Waals surface area contributed by atoms with Crippen LogP contribution in [-0.4, -0.2) is 21.9 Å². The van der Waals surface area contributed by atoms with Gasteiger partial charge in [0.25, 0.3) is 5.56 Å². The molecule has 7 heteroatoms. The summed E-state index contributed by atoms with van der Waals surface area (Å²) in [5.41, 5.74) is 2.71. The first-order valence-electron chi connectivity index (χ1n) is 10.6. The highest BCUT2D eigenvalue weighted by molar-refractivity contribution is 7.98. The van der Waals surface area contributed by atoms with E-state index in [9.17, 15) is 14.0 Å². The molecule has 0 aliphatic heterocycles. The van der Waals surface area contributed by atoms with E-state index in [2.05, 4.69) is 0 Å². The Balaban J connectivity index is 1.74. The zero-order chi connectivity index (χ0) is 23.4. The Morgan fingerprint density at radius 1 is 1.09 bits per heavy atom. The molecular formula is C26H23FN2O3S. The summed E-state index contributed by atoms with van der Waals surface area (Å²) >= 11 is 1.40. The number of benzene rings is 3. The van der Waals surface area contributed by atoms with E-state index in [1.807, 2.05) is 31.2 Å². The van der Waals surface area contributed by atoms with Crippen molar-refractivity contribution in [1.29, 1.82) is 0 Å². The van der Waals surface area contributed by atoms with Crippen molar-refractivity contribution in [2.75, 3.05) is 6.61 Å². The standard InChI is InChI=1S/C26H23FN2O3S/c1-3-32-24-13-10-19(17(2)30)14-20(24)16-33-26-28-23-7-5-4-6-22(23)25(31)29(26)15-18-8-11-21(27)12-9-18/h4-14H,3,15-16H2,1-2H3. The van der Waals surface area contributed by atoms with Crippen LogP contribution < -0.4 is 10.3 Å². The second-order valence-corrected chi connectivity index (χ2v) is 8.47. The summed E-state index contributed by atoms with van der Waals surface area (Å²) in [6.45, 7) is 4.20. The van der Waals surface area contributed by atoms with Crippen LogP contribution in [0, 0.1) is 5.82 Å². The van der Waals surface area contributed by atoms with Crippen LogP contribution in [0.1, 0.15) is 35.3 Å². The van der Waals surface area contributed by atoms with Crippen molar-refractivity contribution in [2.45, 2.75) is 31.3 Å². The molecule has 0 saturated carbocycles. The predicted octanol–water partition coefficient (Wildman–Crippen LogP) is 5.48. The smallest absolute Gasteiger partial charge is 0.262 e. The van der Waals surface area contributed by atoms with Crippen molar-refractivity contribution in [3.05, 3.63) is 99.6 Å². The van der Waals surface area contributed by atoms with E-state index in [1.54, 1.807) is 34.9 Å². The number of rotatable bonds is 8. The molecule has 0 saturated heterocycles. The van der Waals surface area contributed by atoms with Gasteiger partial charge in [-0.15, -0.1) is 0 Å². The van der Waals surface area contributed by atoms with Gasteiger partial charge in [0.1, 0.15) is 11.6 Å². The minimum atomic E-state index is -0.328. The lowest BCUT2D eigenvalue weighted by Crippen LogP contribution is -2.24. The molecular weight excluding hydrogens is 439 g/mol. The van der Waals surface area contributed by atoms with Crippen LogP contribution in [0.2, 0.25) is 0 Å². The zero-order valence-electron chi connectivity index (χ0n) is 18.4. The van der Waals surface area contributed by atoms with Crippen LogP contribution in [0.5, 0.6) is 5.75 Å². The Morgan fingerprint density at radius 2 is 1.85 bits per heavy atom. The molecule has 0 aliphatic rings. The number of fused-ring (bicyclic) bond motifs is 1. The number of para-hydroxylation sites is 1. The van der Waals surface area contributed by atoms with Gasteiger partial charge in [-0.3, -0.25) is 14.2 Å². The second-order valence-electron chi connectivity index (χ2n) is 7.53. The van der Waals surface area contributed by atoms with Crippen LogP contribution in [0.4, 0.5) is 4.39 Å². The van der Waals surface area contributed by atoms with Gasteiger partial charge in [0.2, 0.25) is 0 Å². The number of ketones is 1. The Kier molecular flexibility index (Phi) is 6.89. The molecule has 0 atom stereocenters. The van der Waals surface area contributed by atoms with E-state index in [1.165, 1.54) is 30.8 Å². The molecule has 0 N–H and O–H groups in total. The molecule has 0 spiro atoms. The maximum atomic E-state index is 13.4. The molecule has 0 bridgehead atoms. The average molecular weight is 463 g/mol. The minimum Gasteiger partial charge on any atom is -0.494 e. The third kappa shape index (κ3) is 5.14. The maximum absolute atomic E-state index is 13.4. The quantitative estimate of drug-likeness (QED) is 0.197. The molecule has 1 heterocycles. The molecule has 0 radical (unpaired) electrons. The molecule has 0 amide bonds. The zero-order valence-corrected chi connectivity index (χ0v) is 19.2. The first-order valence-corrected chi connectivity index (χ1v) is 11.6. The summed E-state index contributed by atoms with van der Waals surface area (Å²) in [5, 5.41) is 1.07. The number of hydrogen-bond donors (Lipinski definition) is 0. The maximum Gasteiger partial charge on any atom is 0.262 e. The fourth-order valence-electron chi connectivity index (χ4n) is 3.52. The fourth-order valence-corrected chi connectivity index (χ4v) is 4.50. The molecule has 0 aliphatic carbocycles. The normalized spacial score (nSPS) is 11.0. The van der Waals surface area contributed by atoms with Crippen molar-refractivity contribution in [3.8, 4) is 5.75 Å². The van der Waals surface area contributed by atoms with Crippen molar-refractivity contribution < 1.29 is 13.9 Å². The SMILES string of the molecule is CCOc1ccc(C(C)=O)cc1CSc1nc2ccccc2c(=O)n1Cc1ccc(F)cc1. The predicted molar refractivity (Wildman–Crippen MR) is 129 cm³/mol. The van der Waals surface area contributed by atoms with Crippen molar-refractivity contribution in [3.63, 3.8) is 0 Å². The molecule has 5 nitrogen and oxygen atoms in total. The van der Waals surface area contributed by atoms with E-state index in [0.717, 1.165) is 11.1 Å². The third-order valence-corrected chi connectivity index (χ3v) is 6.23. The van der Waals surface area contributed by atoms with Crippen LogP contribution in [-0.2, 0) is 12.3 Å². The first kappa shape index (κ1) is 22.7. The van der Waals surface area contributed by atoms with E-state index < -0.39 is 0 Å². The van der Waals surface area contributed by atoms with Crippen LogP contribution in [0.15, 0.2) is 76.7 Å². The van der Waals surface area contributed by atoms with Gasteiger partial charge < -0.3 is 4.74 Å². The lowest BCUT2D eigenvalue weighted by atomic mass is 10.1. The highest BCUT2D eigenvalue weighted by Gasteiger charge is 2.15. The summed E-state index contributed by atoms with van der Waals surface area (Å²) in [6.07, 6.45) is 0. The summed E-state index contributed by atoms with van der Waals surface area (Å²) < 4.78 is 20.7. The second kappa shape index (κ2) is 10.0. The summed E-state index contributed by atoms with van der Waals surface area (Å²) in [5.74, 6) is 0.806. The minimum absolute atomic E-state index is 0.0265.